The smallest absolute Gasteiger partial charge is 0.270 e. The highest BCUT2D eigenvalue weighted by Crippen LogP contribution is 2.10. The summed E-state index contributed by atoms with van der Waals surface area (Å²) in [6.45, 7) is 5.73. The molecule has 1 saturated heterocycles. The summed E-state index contributed by atoms with van der Waals surface area (Å²) >= 11 is 0. The van der Waals surface area contributed by atoms with Crippen molar-refractivity contribution in [3.05, 3.63) is 94.3 Å². The van der Waals surface area contributed by atoms with Crippen molar-refractivity contribution >= 4 is 17.7 Å². The largest absolute Gasteiger partial charge is 0.351 e. The molecule has 1 aliphatic rings. The minimum atomic E-state index is -0.474. The maximum atomic E-state index is 13.4. The van der Waals surface area contributed by atoms with Gasteiger partial charge in [-0.25, -0.2) is 14.4 Å². The first kappa shape index (κ1) is 26.9. The molecule has 3 amide bonds. The third-order valence-corrected chi connectivity index (χ3v) is 6.39. The van der Waals surface area contributed by atoms with E-state index < -0.39 is 11.8 Å². The van der Waals surface area contributed by atoms with E-state index in [-0.39, 0.29) is 36.2 Å². The van der Waals surface area contributed by atoms with E-state index >= 15 is 0 Å². The Kier molecular flexibility index (Phi) is 9.10. The second kappa shape index (κ2) is 12.9. The molecule has 0 spiro atoms. The van der Waals surface area contributed by atoms with Crippen molar-refractivity contribution < 1.29 is 18.8 Å². The molecule has 198 valence electrons. The number of rotatable bonds is 10. The molecule has 1 fully saturated rings. The van der Waals surface area contributed by atoms with Crippen molar-refractivity contribution in [3.8, 4) is 0 Å². The van der Waals surface area contributed by atoms with Gasteiger partial charge in [0.2, 0.25) is 0 Å². The molecule has 2 heterocycles. The zero-order chi connectivity index (χ0) is 26.9. The summed E-state index contributed by atoms with van der Waals surface area (Å²) in [4.78, 5) is 47.7. The molecule has 1 aromatic heterocycles. The second-order valence-corrected chi connectivity index (χ2v) is 9.24. The number of carbonyl (C=O) groups is 3. The average Bonchev–Trinajstić information content (AvgIpc) is 3.46. The molecule has 0 saturated carbocycles. The van der Waals surface area contributed by atoms with Crippen molar-refractivity contribution in [2.75, 3.05) is 26.2 Å². The topological polar surface area (TPSA) is 116 Å². The Morgan fingerprint density at radius 3 is 2.05 bits per heavy atom. The first-order valence-corrected chi connectivity index (χ1v) is 12.6. The van der Waals surface area contributed by atoms with Crippen molar-refractivity contribution in [1.82, 2.24) is 30.8 Å². The van der Waals surface area contributed by atoms with Crippen LogP contribution in [0.15, 0.2) is 54.9 Å². The first-order valence-electron chi connectivity index (χ1n) is 12.6. The molecule has 0 unspecified atom stereocenters. The Morgan fingerprint density at radius 2 is 1.42 bits per heavy atom. The van der Waals surface area contributed by atoms with E-state index in [1.165, 1.54) is 25.0 Å². The maximum Gasteiger partial charge on any atom is 0.270 e. The maximum absolute atomic E-state index is 13.4. The fourth-order valence-electron chi connectivity index (χ4n) is 4.18. The van der Waals surface area contributed by atoms with Crippen LogP contribution in [0.1, 0.15) is 60.9 Å². The van der Waals surface area contributed by atoms with Gasteiger partial charge in [-0.05, 0) is 67.7 Å². The number of halogens is 1. The van der Waals surface area contributed by atoms with E-state index in [0.29, 0.717) is 17.7 Å². The molecule has 3 N–H and O–H groups in total. The van der Waals surface area contributed by atoms with Crippen molar-refractivity contribution in [2.24, 2.45) is 0 Å². The summed E-state index contributed by atoms with van der Waals surface area (Å²) in [6, 6.07) is 12.9. The molecule has 2 aromatic carbocycles. The van der Waals surface area contributed by atoms with Crippen molar-refractivity contribution in [2.45, 2.75) is 32.9 Å². The molecule has 0 atom stereocenters. The van der Waals surface area contributed by atoms with Crippen LogP contribution in [0.4, 0.5) is 4.39 Å². The lowest BCUT2D eigenvalue weighted by molar-refractivity contribution is 0.0934. The lowest BCUT2D eigenvalue weighted by Gasteiger charge is -2.14. The number of carbonyl (C=O) groups excluding carboxylic acids is 3. The van der Waals surface area contributed by atoms with Gasteiger partial charge in [-0.1, -0.05) is 24.3 Å². The van der Waals surface area contributed by atoms with Crippen LogP contribution in [0, 0.1) is 12.7 Å². The highest BCUT2D eigenvalue weighted by molar-refractivity contribution is 5.97. The molecule has 1 aliphatic heterocycles. The number of amides is 3. The van der Waals surface area contributed by atoms with E-state index in [1.54, 1.807) is 43.3 Å². The molecule has 0 bridgehead atoms. The number of benzene rings is 2. The molecule has 4 rings (SSSR count). The zero-order valence-electron chi connectivity index (χ0n) is 21.3. The number of hydrogen-bond donors (Lipinski definition) is 3. The lowest BCUT2D eigenvalue weighted by Crippen LogP contribution is -2.33. The summed E-state index contributed by atoms with van der Waals surface area (Å²) in [6.07, 6.45) is 3.60. The van der Waals surface area contributed by atoms with E-state index in [2.05, 4.69) is 30.8 Å². The summed E-state index contributed by atoms with van der Waals surface area (Å²) in [5.41, 5.74) is 2.71. The normalized spacial score (nSPS) is 13.2. The van der Waals surface area contributed by atoms with Gasteiger partial charge < -0.3 is 20.9 Å². The number of likely N-dealkylation sites (tertiary alicyclic amines) is 1. The van der Waals surface area contributed by atoms with Gasteiger partial charge in [0.1, 0.15) is 23.5 Å². The van der Waals surface area contributed by atoms with Gasteiger partial charge >= 0.3 is 0 Å². The molecule has 0 radical (unpaired) electrons. The van der Waals surface area contributed by atoms with Gasteiger partial charge in [-0.3, -0.25) is 14.4 Å². The summed E-state index contributed by atoms with van der Waals surface area (Å²) in [7, 11) is 0. The Balaban J connectivity index is 1.24. The molecule has 9 nitrogen and oxygen atoms in total. The van der Waals surface area contributed by atoms with Crippen LogP contribution in [0.3, 0.4) is 0 Å². The van der Waals surface area contributed by atoms with Gasteiger partial charge in [0.25, 0.3) is 17.7 Å². The second-order valence-electron chi connectivity index (χ2n) is 9.24. The fourth-order valence-corrected chi connectivity index (χ4v) is 4.18. The Morgan fingerprint density at radius 1 is 0.816 bits per heavy atom. The molecular formula is C28H31FN6O3. The highest BCUT2D eigenvalue weighted by atomic mass is 19.1. The van der Waals surface area contributed by atoms with E-state index in [0.717, 1.165) is 37.1 Å². The molecular weight excluding hydrogens is 487 g/mol. The predicted molar refractivity (Wildman–Crippen MR) is 140 cm³/mol. The minimum Gasteiger partial charge on any atom is -0.351 e. The minimum absolute atomic E-state index is 0.0454. The number of nitrogens with zero attached hydrogens (tertiary/aromatic N) is 3. The van der Waals surface area contributed by atoms with Crippen LogP contribution in [0.5, 0.6) is 0 Å². The van der Waals surface area contributed by atoms with E-state index in [1.807, 2.05) is 0 Å². The van der Waals surface area contributed by atoms with Crippen LogP contribution in [-0.4, -0.2) is 58.8 Å². The zero-order valence-corrected chi connectivity index (χ0v) is 21.3. The third-order valence-electron chi connectivity index (χ3n) is 6.39. The predicted octanol–water partition coefficient (Wildman–Crippen LogP) is 2.61. The number of aryl methyl sites for hydroxylation is 1. The van der Waals surface area contributed by atoms with Crippen LogP contribution < -0.4 is 16.0 Å². The van der Waals surface area contributed by atoms with Gasteiger partial charge in [-0.15, -0.1) is 0 Å². The van der Waals surface area contributed by atoms with Gasteiger partial charge in [-0.2, -0.15) is 0 Å². The Labute approximate surface area is 220 Å². The summed E-state index contributed by atoms with van der Waals surface area (Å²) < 4.78 is 13.4. The molecule has 3 aromatic rings. The van der Waals surface area contributed by atoms with Crippen LogP contribution in [0.25, 0.3) is 0 Å². The molecule has 38 heavy (non-hydrogen) atoms. The number of aromatic nitrogens is 2. The van der Waals surface area contributed by atoms with Gasteiger partial charge in [0.15, 0.2) is 0 Å². The van der Waals surface area contributed by atoms with Gasteiger partial charge in [0, 0.05) is 37.8 Å². The van der Waals surface area contributed by atoms with Crippen molar-refractivity contribution in [3.63, 3.8) is 0 Å². The van der Waals surface area contributed by atoms with Crippen LogP contribution in [0.2, 0.25) is 0 Å². The Hall–Kier alpha value is -4.18. The molecule has 0 aliphatic carbocycles. The average molecular weight is 519 g/mol. The standard InChI is InChI=1S/C28H31FN6O3/c1-19-14-21(6-9-23(19)29)17-32-28(38)25-15-24(33-18-34-25)27(37)31-16-20-4-7-22(8-5-20)26(36)30-10-13-35-11-2-3-12-35/h4-9,14-15,18H,2-3,10-13,16-17H2,1H3,(H,30,36)(H,31,37)(H,32,38). The highest BCUT2D eigenvalue weighted by Gasteiger charge is 2.14. The summed E-state index contributed by atoms with van der Waals surface area (Å²) in [5.74, 6) is -1.37. The number of hydrogen-bond acceptors (Lipinski definition) is 6. The lowest BCUT2D eigenvalue weighted by atomic mass is 10.1. The third kappa shape index (κ3) is 7.42. The van der Waals surface area contributed by atoms with Crippen LogP contribution in [-0.2, 0) is 13.1 Å². The number of nitrogens with one attached hydrogen (secondary N) is 3. The summed E-state index contributed by atoms with van der Waals surface area (Å²) in [5, 5.41) is 8.41. The SMILES string of the molecule is Cc1cc(CNC(=O)c2cc(C(=O)NCc3ccc(C(=O)NCCN4CCCC4)cc3)ncn2)ccc1F. The van der Waals surface area contributed by atoms with E-state index in [4.69, 9.17) is 0 Å². The Bertz CT molecular complexity index is 1290. The molecule has 10 heteroatoms. The van der Waals surface area contributed by atoms with Crippen molar-refractivity contribution in [1.29, 1.82) is 0 Å². The fraction of sp³-hybridized carbons (Fsp3) is 0.321. The quantitative estimate of drug-likeness (QED) is 0.380. The van der Waals surface area contributed by atoms with Crippen LogP contribution >= 0.6 is 0 Å². The first-order chi connectivity index (χ1) is 18.4. The monoisotopic (exact) mass is 518 g/mol. The van der Waals surface area contributed by atoms with Gasteiger partial charge in [0.05, 0.1) is 0 Å². The van der Waals surface area contributed by atoms with E-state index in [9.17, 15) is 18.8 Å².